The largest absolute Gasteiger partial charge is 0.416 e. The van der Waals surface area contributed by atoms with Crippen molar-refractivity contribution in [2.24, 2.45) is 0 Å². The molecule has 2 heterocycles. The molecular formula is C53H36F3N3. The van der Waals surface area contributed by atoms with Crippen LogP contribution in [0, 0.1) is 32.1 Å². The van der Waals surface area contributed by atoms with E-state index in [9.17, 15) is 18.4 Å². The number of aromatic nitrogens is 2. The number of halogens is 3. The lowest BCUT2D eigenvalue weighted by atomic mass is 9.96. The number of benzene rings is 8. The van der Waals surface area contributed by atoms with Crippen molar-refractivity contribution in [1.29, 1.82) is 5.26 Å². The van der Waals surface area contributed by atoms with Crippen LogP contribution >= 0.6 is 0 Å². The molecule has 0 bridgehead atoms. The summed E-state index contributed by atoms with van der Waals surface area (Å²) in [4.78, 5) is 0. The average molecular weight is 772 g/mol. The Morgan fingerprint density at radius 2 is 0.881 bits per heavy atom. The predicted molar refractivity (Wildman–Crippen MR) is 235 cm³/mol. The van der Waals surface area contributed by atoms with Gasteiger partial charge >= 0.3 is 6.18 Å². The zero-order valence-electron chi connectivity index (χ0n) is 32.6. The lowest BCUT2D eigenvalue weighted by Gasteiger charge is -2.19. The Hall–Kier alpha value is -7.36. The summed E-state index contributed by atoms with van der Waals surface area (Å²) in [6.45, 7) is 5.88. The summed E-state index contributed by atoms with van der Waals surface area (Å²) in [5.41, 5.74) is 12.6. The van der Waals surface area contributed by atoms with Gasteiger partial charge in [0.1, 0.15) is 11.6 Å². The molecule has 0 amide bonds. The van der Waals surface area contributed by atoms with Gasteiger partial charge in [-0.05, 0) is 132 Å². The van der Waals surface area contributed by atoms with Crippen molar-refractivity contribution in [2.75, 3.05) is 0 Å². The molecule has 8 aromatic carbocycles. The summed E-state index contributed by atoms with van der Waals surface area (Å²) in [5, 5.41) is 15.4. The van der Waals surface area contributed by atoms with Crippen molar-refractivity contribution >= 4 is 43.6 Å². The van der Waals surface area contributed by atoms with Gasteiger partial charge in [0.25, 0.3) is 0 Å². The summed E-state index contributed by atoms with van der Waals surface area (Å²) in [7, 11) is 0. The fraction of sp³-hybridized carbons (Fsp3) is 0.0755. The molecule has 2 aromatic heterocycles. The second-order valence-corrected chi connectivity index (χ2v) is 15.4. The summed E-state index contributed by atoms with van der Waals surface area (Å²) in [6, 6.07) is 56.1. The second-order valence-electron chi connectivity index (χ2n) is 15.4. The number of hydrogen-bond acceptors (Lipinski definition) is 1. The van der Waals surface area contributed by atoms with Crippen LogP contribution in [0.3, 0.4) is 0 Å². The first-order valence-corrected chi connectivity index (χ1v) is 19.6. The molecule has 0 atom stereocenters. The standard InChI is InChI=1S/C53H36F3N3/c1-32-24-37(26-39(25-32)53(54,55)56)38-29-51(58-47-18-10-8-16-42(47)44-27-35(20-22-49(44)58)40-14-6-4-12-33(40)2)46(31-57)52(30-38)59-48-19-11-9-17-43(48)45-28-36(21-23-50(45)59)41-15-7-5-13-34(41)3/h4-30H,1-3H3. The zero-order valence-corrected chi connectivity index (χ0v) is 32.6. The molecule has 0 spiro atoms. The van der Waals surface area contributed by atoms with Crippen molar-refractivity contribution in [3.8, 4) is 50.8 Å². The minimum atomic E-state index is -4.54. The van der Waals surface area contributed by atoms with Gasteiger partial charge in [-0.3, -0.25) is 0 Å². The van der Waals surface area contributed by atoms with E-state index in [-0.39, 0.29) is 0 Å². The summed E-state index contributed by atoms with van der Waals surface area (Å²) >= 11 is 0. The molecular weight excluding hydrogens is 736 g/mol. The molecule has 0 N–H and O–H groups in total. The Kier molecular flexibility index (Phi) is 8.33. The number of fused-ring (bicyclic) bond motifs is 6. The SMILES string of the molecule is Cc1cc(-c2cc(-n3c4ccccc4c4cc(-c5ccccc5C)ccc43)c(C#N)c(-n3c4ccccc4c4cc(-c5ccccc5C)ccc43)c2)cc(C(F)(F)F)c1. The highest BCUT2D eigenvalue weighted by molar-refractivity contribution is 6.12. The highest BCUT2D eigenvalue weighted by Gasteiger charge is 2.31. The van der Waals surface area contributed by atoms with Gasteiger partial charge < -0.3 is 9.13 Å². The van der Waals surface area contributed by atoms with E-state index in [0.717, 1.165) is 77.0 Å². The number of para-hydroxylation sites is 2. The fourth-order valence-corrected chi connectivity index (χ4v) is 8.95. The van der Waals surface area contributed by atoms with E-state index in [1.54, 1.807) is 13.0 Å². The Morgan fingerprint density at radius 3 is 1.36 bits per heavy atom. The van der Waals surface area contributed by atoms with Crippen LogP contribution in [0.5, 0.6) is 0 Å². The maximum Gasteiger partial charge on any atom is 0.416 e. The lowest BCUT2D eigenvalue weighted by molar-refractivity contribution is -0.137. The van der Waals surface area contributed by atoms with Gasteiger partial charge in [-0.25, -0.2) is 0 Å². The molecule has 10 aromatic rings. The Balaban J connectivity index is 1.32. The van der Waals surface area contributed by atoms with Crippen LogP contribution in [0.2, 0.25) is 0 Å². The smallest absolute Gasteiger partial charge is 0.308 e. The number of nitriles is 1. The van der Waals surface area contributed by atoms with Gasteiger partial charge in [-0.15, -0.1) is 0 Å². The normalized spacial score (nSPS) is 11.9. The number of alkyl halides is 3. The van der Waals surface area contributed by atoms with E-state index in [4.69, 9.17) is 0 Å². The second kappa shape index (κ2) is 13.6. The Labute approximate surface area is 339 Å². The molecule has 0 saturated carbocycles. The topological polar surface area (TPSA) is 33.6 Å². The van der Waals surface area contributed by atoms with Gasteiger partial charge in [0.15, 0.2) is 0 Å². The van der Waals surface area contributed by atoms with Crippen LogP contribution in [0.4, 0.5) is 13.2 Å². The number of aryl methyl sites for hydroxylation is 3. The van der Waals surface area contributed by atoms with E-state index in [1.165, 1.54) is 12.1 Å². The molecule has 0 fully saturated rings. The highest BCUT2D eigenvalue weighted by atomic mass is 19.4. The van der Waals surface area contributed by atoms with Crippen LogP contribution in [-0.4, -0.2) is 9.13 Å². The minimum absolute atomic E-state index is 0.397. The maximum atomic E-state index is 14.4. The van der Waals surface area contributed by atoms with E-state index in [2.05, 4.69) is 102 Å². The lowest BCUT2D eigenvalue weighted by Crippen LogP contribution is -2.07. The van der Waals surface area contributed by atoms with E-state index < -0.39 is 11.7 Å². The molecule has 284 valence electrons. The predicted octanol–water partition coefficient (Wildman–Crippen LogP) is 14.7. The molecule has 0 radical (unpaired) electrons. The molecule has 3 nitrogen and oxygen atoms in total. The van der Waals surface area contributed by atoms with Gasteiger partial charge in [0, 0.05) is 21.5 Å². The molecule has 0 aliphatic rings. The van der Waals surface area contributed by atoms with Crippen LogP contribution in [0.1, 0.15) is 27.8 Å². The fourth-order valence-electron chi connectivity index (χ4n) is 8.95. The van der Waals surface area contributed by atoms with E-state index in [0.29, 0.717) is 33.6 Å². The monoisotopic (exact) mass is 771 g/mol. The van der Waals surface area contributed by atoms with Gasteiger partial charge in [0.05, 0.1) is 39.0 Å². The van der Waals surface area contributed by atoms with Crippen molar-refractivity contribution in [2.45, 2.75) is 26.9 Å². The summed E-state index contributed by atoms with van der Waals surface area (Å²) in [5.74, 6) is 0. The van der Waals surface area contributed by atoms with Gasteiger partial charge in [0.2, 0.25) is 0 Å². The average Bonchev–Trinajstić information content (AvgIpc) is 3.75. The Bertz CT molecular complexity index is 3190. The quantitative estimate of drug-likeness (QED) is 0.172. The first-order valence-electron chi connectivity index (χ1n) is 19.6. The third kappa shape index (κ3) is 5.89. The molecule has 6 heteroatoms. The molecule has 0 aliphatic carbocycles. The van der Waals surface area contributed by atoms with Gasteiger partial charge in [-0.1, -0.05) is 103 Å². The minimum Gasteiger partial charge on any atom is -0.308 e. The molecule has 0 unspecified atom stereocenters. The first-order chi connectivity index (χ1) is 28.6. The molecule has 10 rings (SSSR count). The number of nitrogens with zero attached hydrogens (tertiary/aromatic N) is 3. The molecule has 0 aliphatic heterocycles. The van der Waals surface area contributed by atoms with Crippen LogP contribution in [-0.2, 0) is 6.18 Å². The van der Waals surface area contributed by atoms with Gasteiger partial charge in [-0.2, -0.15) is 18.4 Å². The third-order valence-corrected chi connectivity index (χ3v) is 11.7. The molecule has 59 heavy (non-hydrogen) atoms. The maximum absolute atomic E-state index is 14.4. The summed E-state index contributed by atoms with van der Waals surface area (Å²) in [6.07, 6.45) is -4.54. The first kappa shape index (κ1) is 36.0. The number of hydrogen-bond donors (Lipinski definition) is 0. The van der Waals surface area contributed by atoms with Crippen molar-refractivity contribution < 1.29 is 13.2 Å². The van der Waals surface area contributed by atoms with Crippen molar-refractivity contribution in [1.82, 2.24) is 9.13 Å². The van der Waals surface area contributed by atoms with Crippen LogP contribution in [0.25, 0.3) is 88.4 Å². The molecule has 0 saturated heterocycles. The highest BCUT2D eigenvalue weighted by Crippen LogP contribution is 2.43. The third-order valence-electron chi connectivity index (χ3n) is 11.7. The van der Waals surface area contributed by atoms with Crippen LogP contribution < -0.4 is 0 Å². The Morgan fingerprint density at radius 1 is 0.441 bits per heavy atom. The summed E-state index contributed by atoms with van der Waals surface area (Å²) < 4.78 is 47.4. The van der Waals surface area contributed by atoms with Crippen molar-refractivity contribution in [3.63, 3.8) is 0 Å². The van der Waals surface area contributed by atoms with Crippen molar-refractivity contribution in [3.05, 3.63) is 192 Å². The van der Waals surface area contributed by atoms with Crippen LogP contribution in [0.15, 0.2) is 164 Å². The zero-order chi connectivity index (χ0) is 40.6. The van der Waals surface area contributed by atoms with E-state index >= 15 is 0 Å². The van der Waals surface area contributed by atoms with E-state index in [1.807, 2.05) is 72.8 Å². The number of rotatable bonds is 5.